The summed E-state index contributed by atoms with van der Waals surface area (Å²) in [5, 5.41) is 13.8. The standard InChI is InChI=1S/C19H18N2O7/c1-27-14-6-3-12(4-7-14)19(24)20-15-8-5-13(11-16(15)21(25)26)17(22)9-10-18(23)28-2/h3-8,11H,9-10H2,1-2H3,(H,20,24). The molecule has 1 N–H and O–H groups in total. The summed E-state index contributed by atoms with van der Waals surface area (Å²) >= 11 is 0. The fourth-order valence-corrected chi connectivity index (χ4v) is 2.36. The molecule has 2 aromatic rings. The predicted molar refractivity (Wildman–Crippen MR) is 99.6 cm³/mol. The number of ether oxygens (including phenoxy) is 2. The molecule has 0 fully saturated rings. The van der Waals surface area contributed by atoms with E-state index in [2.05, 4.69) is 10.1 Å². The summed E-state index contributed by atoms with van der Waals surface area (Å²) in [5.74, 6) is -0.972. The lowest BCUT2D eigenvalue weighted by Gasteiger charge is -2.08. The second-order valence-corrected chi connectivity index (χ2v) is 5.67. The molecule has 28 heavy (non-hydrogen) atoms. The van der Waals surface area contributed by atoms with Crippen LogP contribution in [0.25, 0.3) is 0 Å². The number of nitro benzene ring substituents is 1. The maximum absolute atomic E-state index is 12.3. The van der Waals surface area contributed by atoms with Crippen LogP contribution in [0.3, 0.4) is 0 Å². The topological polar surface area (TPSA) is 125 Å². The minimum absolute atomic E-state index is 0.0460. The summed E-state index contributed by atoms with van der Waals surface area (Å²) < 4.78 is 9.48. The molecule has 0 atom stereocenters. The Morgan fingerprint density at radius 1 is 1.00 bits per heavy atom. The number of hydrogen-bond acceptors (Lipinski definition) is 7. The largest absolute Gasteiger partial charge is 0.497 e. The summed E-state index contributed by atoms with van der Waals surface area (Å²) in [4.78, 5) is 46.3. The Balaban J connectivity index is 2.19. The van der Waals surface area contributed by atoms with Crippen LogP contribution in [0, 0.1) is 10.1 Å². The quantitative estimate of drug-likeness (QED) is 0.320. The third kappa shape index (κ3) is 5.13. The van der Waals surface area contributed by atoms with Crippen molar-refractivity contribution in [3.63, 3.8) is 0 Å². The van der Waals surface area contributed by atoms with Crippen LogP contribution in [-0.4, -0.2) is 36.8 Å². The van der Waals surface area contributed by atoms with Gasteiger partial charge in [-0.05, 0) is 36.4 Å². The van der Waals surface area contributed by atoms with E-state index in [-0.39, 0.29) is 29.7 Å². The van der Waals surface area contributed by atoms with Gasteiger partial charge in [0, 0.05) is 23.6 Å². The molecular formula is C19H18N2O7. The number of esters is 1. The monoisotopic (exact) mass is 386 g/mol. The molecule has 0 heterocycles. The van der Waals surface area contributed by atoms with Gasteiger partial charge in [0.25, 0.3) is 11.6 Å². The van der Waals surface area contributed by atoms with Crippen molar-refractivity contribution in [2.24, 2.45) is 0 Å². The van der Waals surface area contributed by atoms with Crippen LogP contribution >= 0.6 is 0 Å². The van der Waals surface area contributed by atoms with Gasteiger partial charge in [-0.1, -0.05) is 0 Å². The Hall–Kier alpha value is -3.75. The van der Waals surface area contributed by atoms with E-state index in [1.807, 2.05) is 0 Å². The minimum Gasteiger partial charge on any atom is -0.497 e. The molecule has 146 valence electrons. The Labute approximate surface area is 160 Å². The fourth-order valence-electron chi connectivity index (χ4n) is 2.36. The molecule has 0 spiro atoms. The average Bonchev–Trinajstić information content (AvgIpc) is 2.71. The van der Waals surface area contributed by atoms with Crippen molar-refractivity contribution in [1.82, 2.24) is 0 Å². The molecule has 0 aliphatic rings. The van der Waals surface area contributed by atoms with E-state index in [9.17, 15) is 24.5 Å². The zero-order valence-corrected chi connectivity index (χ0v) is 15.3. The molecule has 0 aromatic heterocycles. The van der Waals surface area contributed by atoms with E-state index in [0.29, 0.717) is 5.75 Å². The van der Waals surface area contributed by atoms with Crippen molar-refractivity contribution in [3.05, 3.63) is 63.7 Å². The first kappa shape index (κ1) is 20.6. The first-order valence-corrected chi connectivity index (χ1v) is 8.19. The molecule has 0 radical (unpaired) electrons. The molecule has 0 aliphatic heterocycles. The van der Waals surface area contributed by atoms with Gasteiger partial charge in [-0.3, -0.25) is 24.5 Å². The lowest BCUT2D eigenvalue weighted by molar-refractivity contribution is -0.383. The summed E-state index contributed by atoms with van der Waals surface area (Å²) in [7, 11) is 2.70. The van der Waals surface area contributed by atoms with Crippen LogP contribution in [0.1, 0.15) is 33.6 Å². The highest BCUT2D eigenvalue weighted by molar-refractivity contribution is 6.06. The van der Waals surface area contributed by atoms with Gasteiger partial charge in [0.1, 0.15) is 11.4 Å². The van der Waals surface area contributed by atoms with Crippen molar-refractivity contribution >= 4 is 29.0 Å². The smallest absolute Gasteiger partial charge is 0.305 e. The van der Waals surface area contributed by atoms with E-state index >= 15 is 0 Å². The van der Waals surface area contributed by atoms with Gasteiger partial charge in [0.15, 0.2) is 5.78 Å². The molecule has 2 rings (SSSR count). The number of rotatable bonds is 8. The summed E-state index contributed by atoms with van der Waals surface area (Å²) in [6.07, 6.45) is -0.263. The van der Waals surface area contributed by atoms with Crippen molar-refractivity contribution in [3.8, 4) is 5.75 Å². The Morgan fingerprint density at radius 3 is 2.21 bits per heavy atom. The van der Waals surface area contributed by atoms with Gasteiger partial charge in [0.05, 0.1) is 25.6 Å². The first-order valence-electron chi connectivity index (χ1n) is 8.19. The Bertz CT molecular complexity index is 907. The highest BCUT2D eigenvalue weighted by Gasteiger charge is 2.20. The number of amides is 1. The number of carbonyl (C=O) groups is 3. The third-order valence-corrected chi connectivity index (χ3v) is 3.90. The fraction of sp³-hybridized carbons (Fsp3) is 0.211. The van der Waals surface area contributed by atoms with Gasteiger partial charge in [0.2, 0.25) is 0 Å². The van der Waals surface area contributed by atoms with Crippen LogP contribution in [0.2, 0.25) is 0 Å². The van der Waals surface area contributed by atoms with E-state index in [1.54, 1.807) is 12.1 Å². The Morgan fingerprint density at radius 2 is 1.64 bits per heavy atom. The van der Waals surface area contributed by atoms with Gasteiger partial charge in [-0.15, -0.1) is 0 Å². The molecule has 0 unspecified atom stereocenters. The van der Waals surface area contributed by atoms with E-state index in [0.717, 1.165) is 6.07 Å². The molecule has 0 saturated carbocycles. The van der Waals surface area contributed by atoms with Crippen LogP contribution in [0.15, 0.2) is 42.5 Å². The number of nitrogens with one attached hydrogen (secondary N) is 1. The lowest BCUT2D eigenvalue weighted by atomic mass is 10.0. The van der Waals surface area contributed by atoms with E-state index < -0.39 is 28.3 Å². The second kappa shape index (κ2) is 9.26. The predicted octanol–water partition coefficient (Wildman–Crippen LogP) is 2.99. The number of ketones is 1. The molecule has 0 bridgehead atoms. The molecule has 9 heteroatoms. The number of Topliss-reactive ketones (excluding diaryl/α,β-unsaturated/α-hetero) is 1. The Kier molecular flexibility index (Phi) is 6.80. The molecule has 0 aliphatic carbocycles. The van der Waals surface area contributed by atoms with Gasteiger partial charge in [-0.2, -0.15) is 0 Å². The third-order valence-electron chi connectivity index (χ3n) is 3.90. The molecular weight excluding hydrogens is 368 g/mol. The van der Waals surface area contributed by atoms with Crippen molar-refractivity contribution < 1.29 is 28.8 Å². The highest BCUT2D eigenvalue weighted by atomic mass is 16.6. The van der Waals surface area contributed by atoms with Crippen LogP contribution in [0.4, 0.5) is 11.4 Å². The van der Waals surface area contributed by atoms with Crippen LogP contribution in [0.5, 0.6) is 5.75 Å². The number of nitrogens with zero attached hydrogens (tertiary/aromatic N) is 1. The van der Waals surface area contributed by atoms with Crippen molar-refractivity contribution in [1.29, 1.82) is 0 Å². The lowest BCUT2D eigenvalue weighted by Crippen LogP contribution is -2.13. The van der Waals surface area contributed by atoms with E-state index in [1.165, 1.54) is 38.5 Å². The number of methoxy groups -OCH3 is 2. The number of hydrogen-bond donors (Lipinski definition) is 1. The van der Waals surface area contributed by atoms with Crippen LogP contribution in [-0.2, 0) is 9.53 Å². The second-order valence-electron chi connectivity index (χ2n) is 5.67. The first-order chi connectivity index (χ1) is 13.3. The van der Waals surface area contributed by atoms with Crippen LogP contribution < -0.4 is 10.1 Å². The molecule has 9 nitrogen and oxygen atoms in total. The number of carbonyl (C=O) groups excluding carboxylic acids is 3. The maximum Gasteiger partial charge on any atom is 0.305 e. The van der Waals surface area contributed by atoms with Gasteiger partial charge < -0.3 is 14.8 Å². The zero-order valence-electron chi connectivity index (χ0n) is 15.3. The van der Waals surface area contributed by atoms with Crippen molar-refractivity contribution in [2.45, 2.75) is 12.8 Å². The minimum atomic E-state index is -0.694. The zero-order chi connectivity index (χ0) is 20.7. The molecule has 1 amide bonds. The van der Waals surface area contributed by atoms with Gasteiger partial charge in [-0.25, -0.2) is 0 Å². The summed E-state index contributed by atoms with van der Waals surface area (Å²) in [6, 6.07) is 9.93. The number of anilines is 1. The average molecular weight is 386 g/mol. The number of nitro groups is 1. The summed E-state index contributed by atoms with van der Waals surface area (Å²) in [5.41, 5.74) is -0.118. The molecule has 0 saturated heterocycles. The number of benzene rings is 2. The van der Waals surface area contributed by atoms with Gasteiger partial charge >= 0.3 is 5.97 Å². The SMILES string of the molecule is COC(=O)CCC(=O)c1ccc(NC(=O)c2ccc(OC)cc2)c([N+](=O)[O-])c1. The van der Waals surface area contributed by atoms with Crippen molar-refractivity contribution in [2.75, 3.05) is 19.5 Å². The van der Waals surface area contributed by atoms with E-state index in [4.69, 9.17) is 4.74 Å². The molecule has 2 aromatic carbocycles. The normalized spacial score (nSPS) is 10.1. The highest BCUT2D eigenvalue weighted by Crippen LogP contribution is 2.27. The summed E-state index contributed by atoms with van der Waals surface area (Å²) in [6.45, 7) is 0. The maximum atomic E-state index is 12.3.